The zero-order chi connectivity index (χ0) is 19.7. The second-order valence-corrected chi connectivity index (χ2v) is 8.36. The first-order chi connectivity index (χ1) is 13.5. The van der Waals surface area contributed by atoms with E-state index in [-0.39, 0.29) is 24.7 Å². The van der Waals surface area contributed by atoms with Gasteiger partial charge in [0.2, 0.25) is 0 Å². The number of sulfonamides is 1. The first-order valence-corrected chi connectivity index (χ1v) is 10.3. The van der Waals surface area contributed by atoms with Gasteiger partial charge in [0.05, 0.1) is 10.6 Å². The fourth-order valence-electron chi connectivity index (χ4n) is 3.24. The SMILES string of the molecule is Cc1ccc(OCCOC(=O)CN2c3cccc4cccc(c34)S2(=O)=O)cc1. The van der Waals surface area contributed by atoms with Gasteiger partial charge in [0, 0.05) is 5.39 Å². The summed E-state index contributed by atoms with van der Waals surface area (Å²) < 4.78 is 37.5. The average molecular weight is 397 g/mol. The van der Waals surface area contributed by atoms with Crippen LogP contribution in [0.25, 0.3) is 10.8 Å². The smallest absolute Gasteiger partial charge is 0.326 e. The predicted octanol–water partition coefficient (Wildman–Crippen LogP) is 3.28. The van der Waals surface area contributed by atoms with Crippen molar-refractivity contribution in [2.45, 2.75) is 11.8 Å². The highest BCUT2D eigenvalue weighted by Gasteiger charge is 2.36. The molecule has 1 aliphatic rings. The molecule has 0 radical (unpaired) electrons. The monoisotopic (exact) mass is 397 g/mol. The second kappa shape index (κ2) is 7.16. The van der Waals surface area contributed by atoms with E-state index in [9.17, 15) is 13.2 Å². The van der Waals surface area contributed by atoms with Crippen LogP contribution in [-0.2, 0) is 19.6 Å². The number of rotatable bonds is 6. The number of hydrogen-bond donors (Lipinski definition) is 0. The molecule has 6 nitrogen and oxygen atoms in total. The Morgan fingerprint density at radius 3 is 2.43 bits per heavy atom. The minimum absolute atomic E-state index is 0.0394. The summed E-state index contributed by atoms with van der Waals surface area (Å²) in [5, 5.41) is 1.46. The Labute approximate surface area is 163 Å². The number of esters is 1. The molecule has 0 bridgehead atoms. The fourth-order valence-corrected chi connectivity index (χ4v) is 4.90. The number of hydrogen-bond acceptors (Lipinski definition) is 5. The van der Waals surface area contributed by atoms with Crippen LogP contribution in [-0.4, -0.2) is 34.1 Å². The summed E-state index contributed by atoms with van der Waals surface area (Å²) in [6.45, 7) is 1.84. The first kappa shape index (κ1) is 18.3. The normalized spacial score (nSPS) is 14.2. The summed E-state index contributed by atoms with van der Waals surface area (Å²) in [6.07, 6.45) is 0. The molecule has 0 spiro atoms. The number of benzene rings is 3. The van der Waals surface area contributed by atoms with Gasteiger partial charge in [-0.05, 0) is 36.6 Å². The van der Waals surface area contributed by atoms with E-state index in [0.717, 1.165) is 15.3 Å². The predicted molar refractivity (Wildman–Crippen MR) is 106 cm³/mol. The van der Waals surface area contributed by atoms with Crippen LogP contribution in [0, 0.1) is 6.92 Å². The highest BCUT2D eigenvalue weighted by molar-refractivity contribution is 7.93. The number of carbonyl (C=O) groups is 1. The summed E-state index contributed by atoms with van der Waals surface area (Å²) in [4.78, 5) is 12.4. The van der Waals surface area contributed by atoms with Crippen molar-refractivity contribution < 1.29 is 22.7 Å². The molecule has 3 aromatic rings. The van der Waals surface area contributed by atoms with Crippen molar-refractivity contribution in [3.05, 3.63) is 66.2 Å². The summed E-state index contributed by atoms with van der Waals surface area (Å²) in [5.74, 6) is 0.0618. The van der Waals surface area contributed by atoms with E-state index in [1.54, 1.807) is 24.3 Å². The van der Waals surface area contributed by atoms with E-state index >= 15 is 0 Å². The number of nitrogens with zero attached hydrogens (tertiary/aromatic N) is 1. The first-order valence-electron chi connectivity index (χ1n) is 8.86. The molecular formula is C21H19NO5S. The van der Waals surface area contributed by atoms with Gasteiger partial charge in [-0.1, -0.05) is 42.0 Å². The van der Waals surface area contributed by atoms with Gasteiger partial charge in [0.25, 0.3) is 10.0 Å². The highest BCUT2D eigenvalue weighted by Crippen LogP contribution is 2.41. The Bertz CT molecular complexity index is 1130. The molecule has 28 heavy (non-hydrogen) atoms. The largest absolute Gasteiger partial charge is 0.490 e. The molecule has 0 saturated carbocycles. The van der Waals surface area contributed by atoms with E-state index in [1.165, 1.54) is 0 Å². The summed E-state index contributed by atoms with van der Waals surface area (Å²) in [5.41, 5.74) is 1.63. The van der Waals surface area contributed by atoms with E-state index in [0.29, 0.717) is 16.8 Å². The number of aryl methyl sites for hydroxylation is 1. The molecule has 4 rings (SSSR count). The van der Waals surface area contributed by atoms with E-state index in [2.05, 4.69) is 0 Å². The topological polar surface area (TPSA) is 72.9 Å². The van der Waals surface area contributed by atoms with Crippen LogP contribution in [0.3, 0.4) is 0 Å². The third-order valence-electron chi connectivity index (χ3n) is 4.59. The maximum Gasteiger partial charge on any atom is 0.326 e. The quantitative estimate of drug-likeness (QED) is 0.471. The van der Waals surface area contributed by atoms with Gasteiger partial charge in [-0.2, -0.15) is 0 Å². The number of carbonyl (C=O) groups excluding carboxylic acids is 1. The second-order valence-electron chi connectivity index (χ2n) is 6.53. The van der Waals surface area contributed by atoms with Crippen LogP contribution in [0.5, 0.6) is 5.75 Å². The molecule has 3 aromatic carbocycles. The number of ether oxygens (including phenoxy) is 2. The van der Waals surface area contributed by atoms with Gasteiger partial charge in [0.1, 0.15) is 25.5 Å². The fraction of sp³-hybridized carbons (Fsp3) is 0.190. The zero-order valence-electron chi connectivity index (χ0n) is 15.3. The van der Waals surface area contributed by atoms with Gasteiger partial charge in [0.15, 0.2) is 0 Å². The van der Waals surface area contributed by atoms with Gasteiger partial charge in [-0.15, -0.1) is 0 Å². The van der Waals surface area contributed by atoms with Gasteiger partial charge in [-0.3, -0.25) is 9.10 Å². The molecular weight excluding hydrogens is 378 g/mol. The van der Waals surface area contributed by atoms with Crippen LogP contribution in [0.2, 0.25) is 0 Å². The molecule has 0 atom stereocenters. The molecule has 7 heteroatoms. The van der Waals surface area contributed by atoms with E-state index in [4.69, 9.17) is 9.47 Å². The van der Waals surface area contributed by atoms with Crippen molar-refractivity contribution in [2.24, 2.45) is 0 Å². The lowest BCUT2D eigenvalue weighted by Crippen LogP contribution is -2.34. The molecule has 0 aromatic heterocycles. The van der Waals surface area contributed by atoms with Crippen LogP contribution < -0.4 is 9.04 Å². The highest BCUT2D eigenvalue weighted by atomic mass is 32.2. The Hall–Kier alpha value is -3.06. The molecule has 0 amide bonds. The third-order valence-corrected chi connectivity index (χ3v) is 6.39. The van der Waals surface area contributed by atoms with Crippen LogP contribution in [0.15, 0.2) is 65.6 Å². The van der Waals surface area contributed by atoms with Crippen molar-refractivity contribution in [3.8, 4) is 5.75 Å². The Morgan fingerprint density at radius 1 is 0.964 bits per heavy atom. The standard InChI is InChI=1S/C21H19NO5S/c1-15-8-10-17(11-9-15)26-12-13-27-20(23)14-22-18-6-2-4-16-5-3-7-19(21(16)18)28(22,24)25/h2-11H,12-14H2,1H3. The lowest BCUT2D eigenvalue weighted by molar-refractivity contribution is -0.142. The maximum absolute atomic E-state index is 12.8. The lowest BCUT2D eigenvalue weighted by atomic mass is 10.1. The molecule has 0 fully saturated rings. The van der Waals surface area contributed by atoms with Crippen LogP contribution >= 0.6 is 0 Å². The van der Waals surface area contributed by atoms with Crippen LogP contribution in [0.4, 0.5) is 5.69 Å². The Balaban J connectivity index is 1.40. The van der Waals surface area contributed by atoms with Crippen molar-refractivity contribution >= 4 is 32.5 Å². The maximum atomic E-state index is 12.8. The molecule has 0 aliphatic carbocycles. The minimum atomic E-state index is -3.77. The summed E-state index contributed by atoms with van der Waals surface area (Å²) >= 11 is 0. The molecule has 0 N–H and O–H groups in total. The minimum Gasteiger partial charge on any atom is -0.490 e. The molecule has 1 aliphatic heterocycles. The number of anilines is 1. The van der Waals surface area contributed by atoms with Gasteiger partial charge >= 0.3 is 5.97 Å². The van der Waals surface area contributed by atoms with Crippen molar-refractivity contribution in [2.75, 3.05) is 24.1 Å². The molecule has 0 unspecified atom stereocenters. The van der Waals surface area contributed by atoms with E-state index in [1.807, 2.05) is 43.3 Å². The lowest BCUT2D eigenvalue weighted by Gasteiger charge is -2.17. The van der Waals surface area contributed by atoms with Gasteiger partial charge < -0.3 is 9.47 Å². The van der Waals surface area contributed by atoms with E-state index < -0.39 is 16.0 Å². The summed E-state index contributed by atoms with van der Waals surface area (Å²) in [6, 6.07) is 18.0. The molecule has 144 valence electrons. The molecule has 1 heterocycles. The molecule has 0 saturated heterocycles. The van der Waals surface area contributed by atoms with Crippen molar-refractivity contribution in [1.29, 1.82) is 0 Å². The summed E-state index contributed by atoms with van der Waals surface area (Å²) in [7, 11) is -3.77. The third kappa shape index (κ3) is 3.29. The van der Waals surface area contributed by atoms with Crippen LogP contribution in [0.1, 0.15) is 5.56 Å². The average Bonchev–Trinajstić information content (AvgIpc) is 2.90. The van der Waals surface area contributed by atoms with Crippen molar-refractivity contribution in [3.63, 3.8) is 0 Å². The van der Waals surface area contributed by atoms with Gasteiger partial charge in [-0.25, -0.2) is 8.42 Å². The Morgan fingerprint density at radius 2 is 1.68 bits per heavy atom. The van der Waals surface area contributed by atoms with Crippen molar-refractivity contribution in [1.82, 2.24) is 0 Å². The Kier molecular flexibility index (Phi) is 4.68. The zero-order valence-corrected chi connectivity index (χ0v) is 16.1.